The summed E-state index contributed by atoms with van der Waals surface area (Å²) in [5.74, 6) is 0.971. The number of nitrogens with zero attached hydrogens (tertiary/aromatic N) is 4. The summed E-state index contributed by atoms with van der Waals surface area (Å²) in [4.78, 5) is 4.25. The molecule has 0 amide bonds. The van der Waals surface area contributed by atoms with Crippen molar-refractivity contribution in [1.82, 2.24) is 19.9 Å². The minimum Gasteiger partial charge on any atom is -0.502 e. The van der Waals surface area contributed by atoms with Gasteiger partial charge in [0.05, 0.1) is 20.4 Å². The summed E-state index contributed by atoms with van der Waals surface area (Å²) in [5, 5.41) is 21.2. The van der Waals surface area contributed by atoms with Crippen LogP contribution in [0.4, 0.5) is 0 Å². The molecule has 2 N–H and O–H groups in total. The van der Waals surface area contributed by atoms with Gasteiger partial charge in [0.2, 0.25) is 16.3 Å². The van der Waals surface area contributed by atoms with E-state index in [2.05, 4.69) is 20.3 Å². The third-order valence-electron chi connectivity index (χ3n) is 3.37. The molecule has 0 saturated carbocycles. The van der Waals surface area contributed by atoms with Gasteiger partial charge in [-0.3, -0.25) is 4.98 Å². The van der Waals surface area contributed by atoms with Crippen LogP contribution < -0.4 is 9.47 Å². The Hall–Kier alpha value is -3.20. The molecule has 0 bridgehead atoms. The monoisotopic (exact) mass is 357 g/mol. The minimum atomic E-state index is -0.0729. The third kappa shape index (κ3) is 3.36. The first-order chi connectivity index (χ1) is 12.1. The lowest BCUT2D eigenvalue weighted by molar-refractivity contribution is 0.340. The van der Waals surface area contributed by atoms with Crippen molar-refractivity contribution >= 4 is 18.4 Å². The number of pyridine rings is 1. The summed E-state index contributed by atoms with van der Waals surface area (Å²) in [6.07, 6.45) is 3.22. The highest BCUT2D eigenvalue weighted by Crippen LogP contribution is 2.36. The maximum Gasteiger partial charge on any atom is 0.216 e. The van der Waals surface area contributed by atoms with Crippen molar-refractivity contribution in [2.45, 2.75) is 0 Å². The highest BCUT2D eigenvalue weighted by atomic mass is 32.1. The summed E-state index contributed by atoms with van der Waals surface area (Å²) in [6, 6.07) is 8.73. The summed E-state index contributed by atoms with van der Waals surface area (Å²) in [6.45, 7) is 0. The first-order valence-electron chi connectivity index (χ1n) is 7.22. The predicted molar refractivity (Wildman–Crippen MR) is 94.8 cm³/mol. The second kappa shape index (κ2) is 7.14. The molecule has 3 rings (SSSR count). The molecule has 9 heteroatoms. The maximum absolute atomic E-state index is 9.96. The Bertz CT molecular complexity index is 940. The topological polar surface area (TPSA) is 97.6 Å². The van der Waals surface area contributed by atoms with E-state index in [9.17, 15) is 5.11 Å². The summed E-state index contributed by atoms with van der Waals surface area (Å²) in [7, 11) is 2.92. The van der Waals surface area contributed by atoms with Gasteiger partial charge < -0.3 is 14.6 Å². The Balaban J connectivity index is 2.01. The number of phenols is 1. The Morgan fingerprint density at radius 2 is 1.96 bits per heavy atom. The fourth-order valence-corrected chi connectivity index (χ4v) is 2.35. The second-order valence-electron chi connectivity index (χ2n) is 4.90. The van der Waals surface area contributed by atoms with Crippen molar-refractivity contribution in [3.63, 3.8) is 0 Å². The molecule has 0 saturated heterocycles. The zero-order chi connectivity index (χ0) is 17.8. The van der Waals surface area contributed by atoms with Gasteiger partial charge in [-0.2, -0.15) is 14.9 Å². The van der Waals surface area contributed by atoms with Crippen LogP contribution in [-0.2, 0) is 0 Å². The molecule has 1 aromatic carbocycles. The molecular weight excluding hydrogens is 342 g/mol. The lowest BCUT2D eigenvalue weighted by Gasteiger charge is -2.09. The number of nitrogens with one attached hydrogen (secondary N) is 1. The summed E-state index contributed by atoms with van der Waals surface area (Å²) >= 11 is 5.22. The van der Waals surface area contributed by atoms with E-state index in [1.54, 1.807) is 24.5 Å². The SMILES string of the molecule is COc1cc(/C=N/n2c(-c3ccccn3)n[nH]c2=S)cc(OC)c1O. The van der Waals surface area contributed by atoms with Crippen LogP contribution in [0.25, 0.3) is 11.5 Å². The van der Waals surface area contributed by atoms with Crippen molar-refractivity contribution in [3.8, 4) is 28.8 Å². The van der Waals surface area contributed by atoms with Gasteiger partial charge in [-0.25, -0.2) is 5.10 Å². The molecule has 0 radical (unpaired) electrons. The van der Waals surface area contributed by atoms with Crippen molar-refractivity contribution in [2.75, 3.05) is 14.2 Å². The third-order valence-corrected chi connectivity index (χ3v) is 3.63. The van der Waals surface area contributed by atoms with Crippen LogP contribution in [-0.4, -0.2) is 45.4 Å². The van der Waals surface area contributed by atoms with Crippen molar-refractivity contribution < 1.29 is 14.6 Å². The van der Waals surface area contributed by atoms with Crippen LogP contribution in [0.2, 0.25) is 0 Å². The number of methoxy groups -OCH3 is 2. The largest absolute Gasteiger partial charge is 0.502 e. The van der Waals surface area contributed by atoms with Crippen molar-refractivity contribution in [1.29, 1.82) is 0 Å². The molecule has 0 spiro atoms. The number of H-pyrrole nitrogens is 1. The van der Waals surface area contributed by atoms with E-state index >= 15 is 0 Å². The van der Waals surface area contributed by atoms with Gasteiger partial charge in [0.1, 0.15) is 5.69 Å². The van der Waals surface area contributed by atoms with Crippen LogP contribution in [0.1, 0.15) is 5.56 Å². The number of aromatic hydroxyl groups is 1. The van der Waals surface area contributed by atoms with Gasteiger partial charge in [-0.05, 0) is 36.5 Å². The fraction of sp³-hybridized carbons (Fsp3) is 0.125. The molecule has 128 valence electrons. The quantitative estimate of drug-likeness (QED) is 0.538. The molecular formula is C16H15N5O3S. The molecule has 8 nitrogen and oxygen atoms in total. The highest BCUT2D eigenvalue weighted by Gasteiger charge is 2.11. The number of rotatable bonds is 5. The molecule has 0 atom stereocenters. The van der Waals surface area contributed by atoms with Gasteiger partial charge in [0, 0.05) is 11.8 Å². The van der Waals surface area contributed by atoms with E-state index in [1.807, 2.05) is 18.2 Å². The first kappa shape index (κ1) is 16.7. The Labute approximate surface area is 148 Å². The normalized spacial score (nSPS) is 11.0. The molecule has 3 aromatic rings. The van der Waals surface area contributed by atoms with Gasteiger partial charge in [-0.1, -0.05) is 6.07 Å². The number of hydrogen-bond acceptors (Lipinski definition) is 7. The van der Waals surface area contributed by atoms with Crippen molar-refractivity contribution in [3.05, 3.63) is 46.9 Å². The van der Waals surface area contributed by atoms with Crippen molar-refractivity contribution in [2.24, 2.45) is 5.10 Å². The number of ether oxygens (including phenoxy) is 2. The van der Waals surface area contributed by atoms with Crippen LogP contribution in [0.15, 0.2) is 41.6 Å². The lowest BCUT2D eigenvalue weighted by Crippen LogP contribution is -1.97. The van der Waals surface area contributed by atoms with E-state index in [-0.39, 0.29) is 17.2 Å². The Morgan fingerprint density at radius 1 is 1.24 bits per heavy atom. The number of aromatic nitrogens is 4. The molecule has 2 aromatic heterocycles. The molecule has 0 unspecified atom stereocenters. The van der Waals surface area contributed by atoms with Crippen LogP contribution in [0.5, 0.6) is 17.2 Å². The molecule has 0 aliphatic rings. The number of aromatic amines is 1. The zero-order valence-electron chi connectivity index (χ0n) is 13.5. The van der Waals surface area contributed by atoms with E-state index in [1.165, 1.54) is 18.9 Å². The standard InChI is InChI=1S/C16H15N5O3S/c1-23-12-7-10(8-13(24-2)14(12)22)9-18-21-15(19-20-16(21)25)11-5-3-4-6-17-11/h3-9,22H,1-2H3,(H,20,25)/b18-9+. The minimum absolute atomic E-state index is 0.0729. The number of benzene rings is 1. The lowest BCUT2D eigenvalue weighted by atomic mass is 10.2. The van der Waals surface area contributed by atoms with Gasteiger partial charge in [0.15, 0.2) is 11.5 Å². The van der Waals surface area contributed by atoms with E-state index in [0.717, 1.165) is 0 Å². The average molecular weight is 357 g/mol. The molecule has 0 fully saturated rings. The number of hydrogen-bond donors (Lipinski definition) is 2. The van der Waals surface area contributed by atoms with Crippen LogP contribution in [0.3, 0.4) is 0 Å². The zero-order valence-corrected chi connectivity index (χ0v) is 14.3. The molecule has 25 heavy (non-hydrogen) atoms. The van der Waals surface area contributed by atoms with E-state index < -0.39 is 0 Å². The van der Waals surface area contributed by atoms with Crippen LogP contribution >= 0.6 is 12.2 Å². The summed E-state index contributed by atoms with van der Waals surface area (Å²) < 4.78 is 12.1. The maximum atomic E-state index is 9.96. The molecule has 0 aliphatic carbocycles. The first-order valence-corrected chi connectivity index (χ1v) is 7.63. The summed E-state index contributed by atoms with van der Waals surface area (Å²) in [5.41, 5.74) is 1.29. The van der Waals surface area contributed by atoms with Gasteiger partial charge in [0.25, 0.3) is 0 Å². The van der Waals surface area contributed by atoms with Gasteiger partial charge in [-0.15, -0.1) is 0 Å². The van der Waals surface area contributed by atoms with E-state index in [0.29, 0.717) is 21.9 Å². The van der Waals surface area contributed by atoms with Gasteiger partial charge >= 0.3 is 0 Å². The molecule has 0 aliphatic heterocycles. The smallest absolute Gasteiger partial charge is 0.216 e. The molecule has 2 heterocycles. The average Bonchev–Trinajstić information content (AvgIpc) is 3.02. The number of phenolic OH excluding ortho intramolecular Hbond substituents is 1. The highest BCUT2D eigenvalue weighted by molar-refractivity contribution is 7.71. The Kier molecular flexibility index (Phi) is 4.75. The fourth-order valence-electron chi connectivity index (χ4n) is 2.17. The second-order valence-corrected chi connectivity index (χ2v) is 5.28. The van der Waals surface area contributed by atoms with E-state index in [4.69, 9.17) is 21.7 Å². The van der Waals surface area contributed by atoms with Crippen LogP contribution in [0, 0.1) is 4.77 Å². The Morgan fingerprint density at radius 3 is 2.56 bits per heavy atom. The predicted octanol–water partition coefficient (Wildman–Crippen LogP) is 2.61.